The number of aromatic nitrogens is 4. The van der Waals surface area contributed by atoms with Gasteiger partial charge in [0, 0.05) is 24.2 Å². The van der Waals surface area contributed by atoms with Gasteiger partial charge in [0.15, 0.2) is 5.65 Å². The summed E-state index contributed by atoms with van der Waals surface area (Å²) in [5, 5.41) is 0.0464. The Morgan fingerprint density at radius 1 is 1.00 bits per heavy atom. The fourth-order valence-electron chi connectivity index (χ4n) is 2.69. The Labute approximate surface area is 148 Å². The summed E-state index contributed by atoms with van der Waals surface area (Å²) in [6.45, 7) is 0. The lowest BCUT2D eigenvalue weighted by Gasteiger charge is -2.06. The molecule has 130 valence electrons. The van der Waals surface area contributed by atoms with Crippen molar-refractivity contribution in [1.29, 1.82) is 0 Å². The van der Waals surface area contributed by atoms with Crippen LogP contribution in [0.5, 0.6) is 0 Å². The predicted octanol–water partition coefficient (Wildman–Crippen LogP) is 2.45. The first-order valence-electron chi connectivity index (χ1n) is 7.53. The molecule has 2 N–H and O–H groups in total. The summed E-state index contributed by atoms with van der Waals surface area (Å²) < 4.78 is 41.5. The van der Waals surface area contributed by atoms with Crippen molar-refractivity contribution in [3.05, 3.63) is 66.9 Å². The molecule has 26 heavy (non-hydrogen) atoms. The van der Waals surface area contributed by atoms with Crippen molar-refractivity contribution < 1.29 is 12.8 Å². The highest BCUT2D eigenvalue weighted by atomic mass is 32.2. The van der Waals surface area contributed by atoms with Crippen LogP contribution in [0.4, 0.5) is 10.3 Å². The van der Waals surface area contributed by atoms with E-state index in [9.17, 15) is 12.8 Å². The van der Waals surface area contributed by atoms with Gasteiger partial charge in [-0.3, -0.25) is 0 Å². The normalized spacial score (nSPS) is 11.7. The average molecular weight is 369 g/mol. The molecule has 4 rings (SSSR count). The second kappa shape index (κ2) is 5.88. The average Bonchev–Trinajstić information content (AvgIpc) is 3.04. The first kappa shape index (κ1) is 16.2. The Morgan fingerprint density at radius 2 is 1.73 bits per heavy atom. The Kier molecular flexibility index (Phi) is 3.66. The molecule has 0 aliphatic carbocycles. The Balaban J connectivity index is 2.06. The second-order valence-electron chi connectivity index (χ2n) is 5.45. The fraction of sp³-hybridized carbons (Fsp3) is 0. The van der Waals surface area contributed by atoms with E-state index >= 15 is 0 Å². The van der Waals surface area contributed by atoms with Crippen LogP contribution in [-0.2, 0) is 10.0 Å². The van der Waals surface area contributed by atoms with E-state index in [1.165, 1.54) is 36.8 Å². The number of fused-ring (bicyclic) bond motifs is 1. The maximum absolute atomic E-state index is 14.5. The van der Waals surface area contributed by atoms with Crippen molar-refractivity contribution >= 4 is 27.0 Å². The Bertz CT molecular complexity index is 1220. The van der Waals surface area contributed by atoms with E-state index in [1.807, 2.05) is 0 Å². The summed E-state index contributed by atoms with van der Waals surface area (Å²) in [5.41, 5.74) is 6.14. The third kappa shape index (κ3) is 2.49. The molecular formula is C17H12FN5O2S. The zero-order chi connectivity index (χ0) is 18.3. The molecule has 0 aliphatic heterocycles. The van der Waals surface area contributed by atoms with Crippen molar-refractivity contribution in [2.24, 2.45) is 0 Å². The smallest absolute Gasteiger partial charge is 0.269 e. The minimum Gasteiger partial charge on any atom is -0.368 e. The summed E-state index contributed by atoms with van der Waals surface area (Å²) in [6, 6.07) is 10.5. The van der Waals surface area contributed by atoms with Gasteiger partial charge in [0.1, 0.15) is 5.82 Å². The topological polar surface area (TPSA) is 104 Å². The number of nitrogens with two attached hydrogens (primary N) is 1. The standard InChI is InChI=1S/C17H12FN5O2S/c18-13-6-8-20-16-15(13)12(14-7-9-21-17(19)22-14)10-23(16)26(24,25)11-4-2-1-3-5-11/h1-10H,(H2,19,21,22). The number of anilines is 1. The van der Waals surface area contributed by atoms with Gasteiger partial charge in [-0.1, -0.05) is 18.2 Å². The molecule has 0 aliphatic rings. The molecular weight excluding hydrogens is 357 g/mol. The third-order valence-corrected chi connectivity index (χ3v) is 5.52. The predicted molar refractivity (Wildman–Crippen MR) is 94.2 cm³/mol. The van der Waals surface area contributed by atoms with Crippen LogP contribution in [-0.4, -0.2) is 27.3 Å². The summed E-state index contributed by atoms with van der Waals surface area (Å²) in [7, 11) is -3.97. The van der Waals surface area contributed by atoms with E-state index in [0.29, 0.717) is 5.69 Å². The molecule has 3 aromatic heterocycles. The quantitative estimate of drug-likeness (QED) is 0.595. The lowest BCUT2D eigenvalue weighted by Crippen LogP contribution is -2.12. The lowest BCUT2D eigenvalue weighted by atomic mass is 10.1. The highest BCUT2D eigenvalue weighted by Gasteiger charge is 2.24. The van der Waals surface area contributed by atoms with Gasteiger partial charge in [-0.05, 0) is 24.3 Å². The number of nitrogens with zero attached hydrogens (tertiary/aromatic N) is 4. The molecule has 7 nitrogen and oxygen atoms in total. The molecule has 0 saturated carbocycles. The first-order chi connectivity index (χ1) is 12.5. The minimum atomic E-state index is -3.97. The molecule has 3 heterocycles. The maximum atomic E-state index is 14.5. The molecule has 0 saturated heterocycles. The van der Waals surface area contributed by atoms with Crippen molar-refractivity contribution in [3.8, 4) is 11.3 Å². The Morgan fingerprint density at radius 3 is 2.46 bits per heavy atom. The van der Waals surface area contributed by atoms with Crippen LogP contribution in [0.3, 0.4) is 0 Å². The molecule has 0 spiro atoms. The van der Waals surface area contributed by atoms with E-state index in [1.54, 1.807) is 18.2 Å². The SMILES string of the molecule is Nc1nccc(-c2cn(S(=O)(=O)c3ccccc3)c3nccc(F)c23)n1. The molecule has 0 radical (unpaired) electrons. The maximum Gasteiger partial charge on any atom is 0.269 e. The van der Waals surface area contributed by atoms with Crippen LogP contribution >= 0.6 is 0 Å². The van der Waals surface area contributed by atoms with Crippen LogP contribution in [0.2, 0.25) is 0 Å². The number of benzene rings is 1. The number of hydrogen-bond donors (Lipinski definition) is 1. The summed E-state index contributed by atoms with van der Waals surface area (Å²) >= 11 is 0. The summed E-state index contributed by atoms with van der Waals surface area (Å²) in [4.78, 5) is 12.0. The number of nitrogen functional groups attached to an aromatic ring is 1. The number of pyridine rings is 1. The molecule has 0 amide bonds. The molecule has 0 bridgehead atoms. The van der Waals surface area contributed by atoms with Crippen LogP contribution < -0.4 is 5.73 Å². The van der Waals surface area contributed by atoms with Gasteiger partial charge in [-0.15, -0.1) is 0 Å². The van der Waals surface area contributed by atoms with Gasteiger partial charge in [0.2, 0.25) is 5.95 Å². The van der Waals surface area contributed by atoms with Crippen LogP contribution in [0.25, 0.3) is 22.3 Å². The molecule has 0 fully saturated rings. The lowest BCUT2D eigenvalue weighted by molar-refractivity contribution is 0.588. The van der Waals surface area contributed by atoms with Crippen molar-refractivity contribution in [3.63, 3.8) is 0 Å². The van der Waals surface area contributed by atoms with Crippen molar-refractivity contribution in [2.75, 3.05) is 5.73 Å². The molecule has 9 heteroatoms. The molecule has 0 atom stereocenters. The minimum absolute atomic E-state index is 0.00128. The highest BCUT2D eigenvalue weighted by molar-refractivity contribution is 7.90. The van der Waals surface area contributed by atoms with E-state index in [4.69, 9.17) is 5.73 Å². The molecule has 0 unspecified atom stereocenters. The van der Waals surface area contributed by atoms with Gasteiger partial charge < -0.3 is 5.73 Å². The van der Waals surface area contributed by atoms with Crippen molar-refractivity contribution in [2.45, 2.75) is 4.90 Å². The molecule has 1 aromatic carbocycles. The zero-order valence-electron chi connectivity index (χ0n) is 13.2. The van der Waals surface area contributed by atoms with E-state index in [0.717, 1.165) is 10.0 Å². The fourth-order valence-corrected chi connectivity index (χ4v) is 4.03. The largest absolute Gasteiger partial charge is 0.368 e. The molecule has 4 aromatic rings. The zero-order valence-corrected chi connectivity index (χ0v) is 14.1. The van der Waals surface area contributed by atoms with Crippen molar-refractivity contribution in [1.82, 2.24) is 18.9 Å². The van der Waals surface area contributed by atoms with Crippen LogP contribution in [0, 0.1) is 5.82 Å². The van der Waals surface area contributed by atoms with E-state index in [2.05, 4.69) is 15.0 Å². The number of halogens is 1. The van der Waals surface area contributed by atoms with E-state index < -0.39 is 15.8 Å². The first-order valence-corrected chi connectivity index (χ1v) is 8.97. The van der Waals surface area contributed by atoms with Crippen LogP contribution in [0.15, 0.2) is 66.0 Å². The number of hydrogen-bond acceptors (Lipinski definition) is 6. The summed E-state index contributed by atoms with van der Waals surface area (Å²) in [6.07, 6.45) is 3.93. The summed E-state index contributed by atoms with van der Waals surface area (Å²) in [5.74, 6) is -0.609. The van der Waals surface area contributed by atoms with Gasteiger partial charge >= 0.3 is 0 Å². The highest BCUT2D eigenvalue weighted by Crippen LogP contribution is 2.32. The third-order valence-electron chi connectivity index (χ3n) is 3.85. The van der Waals surface area contributed by atoms with Gasteiger partial charge in [-0.25, -0.2) is 31.7 Å². The van der Waals surface area contributed by atoms with Crippen LogP contribution in [0.1, 0.15) is 0 Å². The van der Waals surface area contributed by atoms with Gasteiger partial charge in [0.25, 0.3) is 10.0 Å². The van der Waals surface area contributed by atoms with Gasteiger partial charge in [-0.2, -0.15) is 0 Å². The number of rotatable bonds is 3. The Hall–Kier alpha value is -3.33. The second-order valence-corrected chi connectivity index (χ2v) is 7.26. The monoisotopic (exact) mass is 369 g/mol. The van der Waals surface area contributed by atoms with E-state index in [-0.39, 0.29) is 27.4 Å². The van der Waals surface area contributed by atoms with Gasteiger partial charge in [0.05, 0.1) is 16.0 Å².